The van der Waals surface area contributed by atoms with E-state index in [9.17, 15) is 0 Å². The maximum Gasteiger partial charge on any atom is 0.0573 e. The maximum atomic E-state index is 4.51. The number of hydrogen-bond donors (Lipinski definition) is 1. The van der Waals surface area contributed by atoms with E-state index in [0.717, 1.165) is 19.6 Å². The lowest BCUT2D eigenvalue weighted by Gasteiger charge is -2.28. The van der Waals surface area contributed by atoms with Gasteiger partial charge in [-0.25, -0.2) is 0 Å². The van der Waals surface area contributed by atoms with Crippen LogP contribution >= 0.6 is 0 Å². The smallest absolute Gasteiger partial charge is 0.0573 e. The number of nitrogens with one attached hydrogen (secondary N) is 1. The molecule has 1 aliphatic heterocycles. The van der Waals surface area contributed by atoms with Crippen molar-refractivity contribution < 1.29 is 0 Å². The summed E-state index contributed by atoms with van der Waals surface area (Å²) >= 11 is 0. The van der Waals surface area contributed by atoms with Gasteiger partial charge in [0.2, 0.25) is 0 Å². The predicted octanol–water partition coefficient (Wildman–Crippen LogP) is 1.96. The van der Waals surface area contributed by atoms with Gasteiger partial charge in [-0.1, -0.05) is 13.0 Å². The van der Waals surface area contributed by atoms with Crippen LogP contribution in [0.3, 0.4) is 0 Å². The van der Waals surface area contributed by atoms with Crippen molar-refractivity contribution in [3.63, 3.8) is 0 Å². The molecule has 17 heavy (non-hydrogen) atoms. The van der Waals surface area contributed by atoms with Gasteiger partial charge in [-0.2, -0.15) is 0 Å². The summed E-state index contributed by atoms with van der Waals surface area (Å²) in [5, 5.41) is 3.45. The first kappa shape index (κ1) is 12.5. The number of pyridine rings is 1. The average molecular weight is 233 g/mol. The Hall–Kier alpha value is -0.930. The Labute approximate surface area is 104 Å². The van der Waals surface area contributed by atoms with Crippen molar-refractivity contribution in [3.05, 3.63) is 29.6 Å². The Balaban J connectivity index is 2.04. The van der Waals surface area contributed by atoms with E-state index in [4.69, 9.17) is 0 Å². The molecule has 0 spiro atoms. The van der Waals surface area contributed by atoms with Gasteiger partial charge in [0, 0.05) is 25.3 Å². The molecular weight excluding hydrogens is 210 g/mol. The van der Waals surface area contributed by atoms with Crippen LogP contribution in [0.25, 0.3) is 0 Å². The minimum Gasteiger partial charge on any atom is -0.315 e. The first-order valence-electron chi connectivity index (χ1n) is 6.66. The molecule has 0 saturated carbocycles. The van der Waals surface area contributed by atoms with Gasteiger partial charge in [-0.05, 0) is 44.5 Å². The summed E-state index contributed by atoms with van der Waals surface area (Å²) in [7, 11) is 0. The molecule has 2 heterocycles. The van der Waals surface area contributed by atoms with E-state index in [0.29, 0.717) is 6.04 Å². The van der Waals surface area contributed by atoms with Crippen LogP contribution in [0.2, 0.25) is 0 Å². The third-order valence-electron chi connectivity index (χ3n) is 3.53. The maximum absolute atomic E-state index is 4.51. The Morgan fingerprint density at radius 2 is 2.41 bits per heavy atom. The summed E-state index contributed by atoms with van der Waals surface area (Å²) in [5.41, 5.74) is 2.53. The van der Waals surface area contributed by atoms with Crippen LogP contribution < -0.4 is 5.32 Å². The number of nitrogens with zero attached hydrogens (tertiary/aromatic N) is 2. The minimum atomic E-state index is 0.691. The van der Waals surface area contributed by atoms with E-state index < -0.39 is 0 Å². The minimum absolute atomic E-state index is 0.691. The molecule has 1 aliphatic rings. The average Bonchev–Trinajstić information content (AvgIpc) is 2.85. The van der Waals surface area contributed by atoms with E-state index in [1.807, 2.05) is 12.3 Å². The molecule has 0 aliphatic carbocycles. The van der Waals surface area contributed by atoms with Crippen molar-refractivity contribution in [1.82, 2.24) is 15.2 Å². The quantitative estimate of drug-likeness (QED) is 0.842. The lowest BCUT2D eigenvalue weighted by molar-refractivity contribution is 0.197. The van der Waals surface area contributed by atoms with Crippen molar-refractivity contribution in [2.75, 3.05) is 19.6 Å². The van der Waals surface area contributed by atoms with Crippen LogP contribution in [-0.2, 0) is 6.54 Å². The molecule has 1 aromatic rings. The summed E-state index contributed by atoms with van der Waals surface area (Å²) in [5.74, 6) is 0. The number of hydrogen-bond acceptors (Lipinski definition) is 3. The second-order valence-corrected chi connectivity index (χ2v) is 4.88. The summed E-state index contributed by atoms with van der Waals surface area (Å²) in [4.78, 5) is 7.09. The number of aromatic nitrogens is 1. The zero-order valence-corrected chi connectivity index (χ0v) is 10.9. The fraction of sp³-hybridized carbons (Fsp3) is 0.643. The van der Waals surface area contributed by atoms with Crippen LogP contribution in [0.4, 0.5) is 0 Å². The summed E-state index contributed by atoms with van der Waals surface area (Å²) < 4.78 is 0. The van der Waals surface area contributed by atoms with E-state index in [1.165, 1.54) is 30.6 Å². The molecule has 1 saturated heterocycles. The Bertz CT molecular complexity index is 345. The van der Waals surface area contributed by atoms with Crippen LogP contribution in [0, 0.1) is 6.92 Å². The van der Waals surface area contributed by atoms with Gasteiger partial charge in [-0.3, -0.25) is 9.88 Å². The fourth-order valence-corrected chi connectivity index (χ4v) is 2.51. The van der Waals surface area contributed by atoms with E-state index in [1.54, 1.807) is 0 Å². The lowest BCUT2D eigenvalue weighted by atomic mass is 10.1. The van der Waals surface area contributed by atoms with Gasteiger partial charge in [0.15, 0.2) is 0 Å². The van der Waals surface area contributed by atoms with Crippen molar-refractivity contribution in [2.24, 2.45) is 0 Å². The highest BCUT2D eigenvalue weighted by atomic mass is 15.2. The molecule has 3 nitrogen and oxygen atoms in total. The molecular formula is C14H23N3. The van der Waals surface area contributed by atoms with E-state index >= 15 is 0 Å². The first-order chi connectivity index (χ1) is 8.31. The van der Waals surface area contributed by atoms with Crippen molar-refractivity contribution in [3.8, 4) is 0 Å². The Kier molecular flexibility index (Phi) is 4.51. The van der Waals surface area contributed by atoms with Crippen LogP contribution in [0.15, 0.2) is 18.3 Å². The molecule has 1 atom stereocenters. The van der Waals surface area contributed by atoms with Gasteiger partial charge in [0.25, 0.3) is 0 Å². The second kappa shape index (κ2) is 6.12. The first-order valence-corrected chi connectivity index (χ1v) is 6.66. The Morgan fingerprint density at radius 1 is 1.53 bits per heavy atom. The molecule has 0 aromatic carbocycles. The molecule has 94 valence electrons. The van der Waals surface area contributed by atoms with Crippen molar-refractivity contribution in [2.45, 2.75) is 39.3 Å². The standard InChI is InChI=1S/C14H23N3/c1-3-9-17(13-6-8-15-10-13)11-14-12(2)5-4-7-16-14/h4-5,7,13,15H,3,6,8-11H2,1-2H3. The van der Waals surface area contributed by atoms with Gasteiger partial charge < -0.3 is 5.32 Å². The summed E-state index contributed by atoms with van der Waals surface area (Å²) in [6, 6.07) is 4.86. The van der Waals surface area contributed by atoms with E-state index in [-0.39, 0.29) is 0 Å². The highest BCUT2D eigenvalue weighted by molar-refractivity contribution is 5.17. The monoisotopic (exact) mass is 233 g/mol. The largest absolute Gasteiger partial charge is 0.315 e. The SMILES string of the molecule is CCCN(Cc1ncccc1C)C1CCNC1. The highest BCUT2D eigenvalue weighted by Crippen LogP contribution is 2.14. The van der Waals surface area contributed by atoms with Crippen molar-refractivity contribution in [1.29, 1.82) is 0 Å². The number of rotatable bonds is 5. The van der Waals surface area contributed by atoms with Gasteiger partial charge in [0.05, 0.1) is 5.69 Å². The summed E-state index contributed by atoms with van der Waals surface area (Å²) in [6.07, 6.45) is 4.38. The fourth-order valence-electron chi connectivity index (χ4n) is 2.51. The molecule has 1 aromatic heterocycles. The topological polar surface area (TPSA) is 28.2 Å². The van der Waals surface area contributed by atoms with Crippen LogP contribution in [0.1, 0.15) is 31.0 Å². The third kappa shape index (κ3) is 3.27. The zero-order valence-electron chi connectivity index (χ0n) is 10.9. The van der Waals surface area contributed by atoms with Gasteiger partial charge in [-0.15, -0.1) is 0 Å². The highest BCUT2D eigenvalue weighted by Gasteiger charge is 2.22. The van der Waals surface area contributed by atoms with Crippen LogP contribution in [-0.4, -0.2) is 35.6 Å². The molecule has 2 rings (SSSR count). The second-order valence-electron chi connectivity index (χ2n) is 4.88. The summed E-state index contributed by atoms with van der Waals surface area (Å²) in [6.45, 7) is 8.85. The molecule has 0 bridgehead atoms. The molecule has 1 unspecified atom stereocenters. The molecule has 3 heteroatoms. The normalized spacial score (nSPS) is 20.1. The third-order valence-corrected chi connectivity index (χ3v) is 3.53. The number of aryl methyl sites for hydroxylation is 1. The van der Waals surface area contributed by atoms with E-state index in [2.05, 4.69) is 35.1 Å². The van der Waals surface area contributed by atoms with Gasteiger partial charge in [0.1, 0.15) is 0 Å². The molecule has 0 amide bonds. The van der Waals surface area contributed by atoms with Crippen LogP contribution in [0.5, 0.6) is 0 Å². The molecule has 1 N–H and O–H groups in total. The lowest BCUT2D eigenvalue weighted by Crippen LogP contribution is -2.37. The molecule has 1 fully saturated rings. The molecule has 0 radical (unpaired) electrons. The zero-order chi connectivity index (χ0) is 12.1. The Morgan fingerprint density at radius 3 is 3.06 bits per heavy atom. The van der Waals surface area contributed by atoms with Gasteiger partial charge >= 0.3 is 0 Å². The predicted molar refractivity (Wildman–Crippen MR) is 70.9 cm³/mol. The van der Waals surface area contributed by atoms with Crippen molar-refractivity contribution >= 4 is 0 Å².